The summed E-state index contributed by atoms with van der Waals surface area (Å²) in [5.74, 6) is 1.70. The predicted molar refractivity (Wildman–Crippen MR) is 83.1 cm³/mol. The van der Waals surface area contributed by atoms with E-state index in [-0.39, 0.29) is 11.8 Å². The van der Waals surface area contributed by atoms with Gasteiger partial charge in [-0.3, -0.25) is 4.79 Å². The van der Waals surface area contributed by atoms with E-state index in [1.807, 2.05) is 30.3 Å². The van der Waals surface area contributed by atoms with E-state index in [0.717, 1.165) is 49.3 Å². The van der Waals surface area contributed by atoms with Crippen molar-refractivity contribution >= 4 is 5.91 Å². The summed E-state index contributed by atoms with van der Waals surface area (Å²) in [4.78, 5) is 12.5. The number of benzene rings is 1. The summed E-state index contributed by atoms with van der Waals surface area (Å²) < 4.78 is 6.06. The van der Waals surface area contributed by atoms with Crippen LogP contribution >= 0.6 is 0 Å². The van der Waals surface area contributed by atoms with Crippen molar-refractivity contribution in [2.24, 2.45) is 0 Å². The van der Waals surface area contributed by atoms with E-state index >= 15 is 0 Å². The number of rotatable bonds is 3. The number of ether oxygens (including phenoxy) is 1. The molecule has 21 heavy (non-hydrogen) atoms. The Morgan fingerprint density at radius 1 is 1.38 bits per heavy atom. The first kappa shape index (κ1) is 13.9. The molecule has 2 aliphatic rings. The van der Waals surface area contributed by atoms with Crippen LogP contribution < -0.4 is 10.1 Å². The molecular formula is C18H21NO2. The van der Waals surface area contributed by atoms with Crippen LogP contribution in [0.3, 0.4) is 0 Å². The van der Waals surface area contributed by atoms with E-state index in [2.05, 4.69) is 18.3 Å². The van der Waals surface area contributed by atoms with Crippen LogP contribution in [0.2, 0.25) is 0 Å². The summed E-state index contributed by atoms with van der Waals surface area (Å²) in [5, 5.41) is 3.03. The highest BCUT2D eigenvalue weighted by Crippen LogP contribution is 2.39. The second-order valence-electron chi connectivity index (χ2n) is 5.60. The first-order valence-electron chi connectivity index (χ1n) is 7.72. The van der Waals surface area contributed by atoms with Gasteiger partial charge in [0.05, 0.1) is 5.92 Å². The lowest BCUT2D eigenvalue weighted by atomic mass is 9.88. The quantitative estimate of drug-likeness (QED) is 0.919. The molecule has 0 bridgehead atoms. The van der Waals surface area contributed by atoms with E-state index in [0.29, 0.717) is 0 Å². The van der Waals surface area contributed by atoms with E-state index in [1.54, 1.807) is 0 Å². The van der Waals surface area contributed by atoms with Crippen molar-refractivity contribution < 1.29 is 9.53 Å². The fourth-order valence-corrected chi connectivity index (χ4v) is 2.94. The topological polar surface area (TPSA) is 38.3 Å². The molecule has 1 unspecified atom stereocenters. The van der Waals surface area contributed by atoms with Crippen molar-refractivity contribution in [2.45, 2.75) is 38.5 Å². The number of nitrogens with one attached hydrogen (secondary N) is 1. The van der Waals surface area contributed by atoms with E-state index in [4.69, 9.17) is 4.74 Å². The molecule has 1 atom stereocenters. The number of carbonyl (C=O) groups excluding carboxylic acids is 1. The van der Waals surface area contributed by atoms with Crippen LogP contribution in [0.25, 0.3) is 0 Å². The zero-order valence-corrected chi connectivity index (χ0v) is 12.4. The fraction of sp³-hybridized carbons (Fsp3) is 0.389. The summed E-state index contributed by atoms with van der Waals surface area (Å²) >= 11 is 0. The Hall–Kier alpha value is -2.03. The van der Waals surface area contributed by atoms with Crippen LogP contribution in [-0.4, -0.2) is 12.5 Å². The van der Waals surface area contributed by atoms with Crippen molar-refractivity contribution in [1.82, 2.24) is 5.32 Å². The lowest BCUT2D eigenvalue weighted by Gasteiger charge is -2.17. The summed E-state index contributed by atoms with van der Waals surface area (Å²) in [6, 6.07) is 7.89. The number of allylic oxidation sites excluding steroid dienone is 3. The first-order chi connectivity index (χ1) is 10.3. The fourth-order valence-electron chi connectivity index (χ4n) is 2.94. The maximum absolute atomic E-state index is 12.5. The lowest BCUT2D eigenvalue weighted by Crippen LogP contribution is -2.30. The molecule has 1 heterocycles. The molecule has 1 aromatic carbocycles. The van der Waals surface area contributed by atoms with Crippen molar-refractivity contribution in [2.75, 3.05) is 6.54 Å². The van der Waals surface area contributed by atoms with Gasteiger partial charge in [-0.15, -0.1) is 0 Å². The van der Waals surface area contributed by atoms with Gasteiger partial charge >= 0.3 is 0 Å². The Bertz CT molecular complexity index is 601. The molecule has 0 spiro atoms. The largest absolute Gasteiger partial charge is 0.457 e. The second-order valence-corrected chi connectivity index (χ2v) is 5.60. The van der Waals surface area contributed by atoms with Gasteiger partial charge in [0, 0.05) is 12.1 Å². The zero-order valence-electron chi connectivity index (χ0n) is 12.4. The van der Waals surface area contributed by atoms with Crippen molar-refractivity contribution in [3.8, 4) is 5.75 Å². The zero-order chi connectivity index (χ0) is 14.7. The van der Waals surface area contributed by atoms with Gasteiger partial charge in [-0.25, -0.2) is 0 Å². The van der Waals surface area contributed by atoms with Gasteiger partial charge in [-0.2, -0.15) is 0 Å². The molecule has 1 aromatic rings. The summed E-state index contributed by atoms with van der Waals surface area (Å²) in [7, 11) is 0. The molecule has 110 valence electrons. The van der Waals surface area contributed by atoms with Crippen LogP contribution in [-0.2, 0) is 4.79 Å². The molecule has 1 aliphatic carbocycles. The van der Waals surface area contributed by atoms with Crippen LogP contribution in [0.4, 0.5) is 0 Å². The number of amides is 1. The number of carbonyl (C=O) groups is 1. The van der Waals surface area contributed by atoms with Gasteiger partial charge in [0.1, 0.15) is 11.5 Å². The second kappa shape index (κ2) is 6.17. The van der Waals surface area contributed by atoms with Gasteiger partial charge in [0.25, 0.3) is 0 Å². The van der Waals surface area contributed by atoms with Gasteiger partial charge in [0.2, 0.25) is 5.91 Å². The normalized spacial score (nSPS) is 20.1. The van der Waals surface area contributed by atoms with Crippen molar-refractivity contribution in [3.63, 3.8) is 0 Å². The standard InChI is InChI=1S/C18H21NO2/c1-2-11-19-18(20)15-12-13-7-3-5-9-16(13)21-17-10-6-4-8-14(15)17/h4-6,8-10,15H,2-3,7,11-12H2,1H3,(H,19,20). The average molecular weight is 283 g/mol. The van der Waals surface area contributed by atoms with E-state index < -0.39 is 0 Å². The highest BCUT2D eigenvalue weighted by molar-refractivity contribution is 5.85. The Balaban J connectivity index is 1.96. The highest BCUT2D eigenvalue weighted by Gasteiger charge is 2.29. The molecular weight excluding hydrogens is 262 g/mol. The van der Waals surface area contributed by atoms with Crippen molar-refractivity contribution in [1.29, 1.82) is 0 Å². The molecule has 0 saturated carbocycles. The maximum Gasteiger partial charge on any atom is 0.228 e. The smallest absolute Gasteiger partial charge is 0.228 e. The van der Waals surface area contributed by atoms with E-state index in [9.17, 15) is 4.79 Å². The molecule has 0 aromatic heterocycles. The van der Waals surface area contributed by atoms with Crippen LogP contribution in [0, 0.1) is 0 Å². The van der Waals surface area contributed by atoms with Gasteiger partial charge in [0.15, 0.2) is 0 Å². The number of para-hydroxylation sites is 1. The van der Waals surface area contributed by atoms with Gasteiger partial charge in [-0.05, 0) is 43.4 Å². The van der Waals surface area contributed by atoms with Crippen LogP contribution in [0.1, 0.15) is 44.1 Å². The minimum absolute atomic E-state index is 0.108. The minimum atomic E-state index is -0.147. The van der Waals surface area contributed by atoms with E-state index in [1.165, 1.54) is 5.57 Å². The van der Waals surface area contributed by atoms with Crippen LogP contribution in [0.5, 0.6) is 5.75 Å². The summed E-state index contributed by atoms with van der Waals surface area (Å²) in [6.45, 7) is 2.79. The Kier molecular flexibility index (Phi) is 4.09. The summed E-state index contributed by atoms with van der Waals surface area (Å²) in [6.07, 6.45) is 7.90. The molecule has 0 fully saturated rings. The van der Waals surface area contributed by atoms with Gasteiger partial charge in [-0.1, -0.05) is 31.2 Å². The number of fused-ring (bicyclic) bond motifs is 1. The number of hydrogen-bond donors (Lipinski definition) is 1. The Morgan fingerprint density at radius 3 is 3.10 bits per heavy atom. The molecule has 1 aliphatic heterocycles. The molecule has 1 N–H and O–H groups in total. The van der Waals surface area contributed by atoms with Crippen molar-refractivity contribution in [3.05, 3.63) is 53.3 Å². The Morgan fingerprint density at radius 2 is 2.24 bits per heavy atom. The lowest BCUT2D eigenvalue weighted by molar-refractivity contribution is -0.122. The Labute approximate surface area is 125 Å². The summed E-state index contributed by atoms with van der Waals surface area (Å²) in [5.41, 5.74) is 2.25. The maximum atomic E-state index is 12.5. The van der Waals surface area contributed by atoms with Gasteiger partial charge < -0.3 is 10.1 Å². The predicted octanol–water partition coefficient (Wildman–Crippen LogP) is 3.68. The average Bonchev–Trinajstić information content (AvgIpc) is 2.69. The monoisotopic (exact) mass is 283 g/mol. The third-order valence-electron chi connectivity index (χ3n) is 4.06. The number of hydrogen-bond acceptors (Lipinski definition) is 2. The van der Waals surface area contributed by atoms with Crippen LogP contribution in [0.15, 0.2) is 47.7 Å². The SMILES string of the molecule is CCCNC(=O)C1CC2=C(C=CCC2)Oc2ccccc21. The molecule has 3 heteroatoms. The third kappa shape index (κ3) is 2.87. The molecule has 0 radical (unpaired) electrons. The molecule has 1 amide bonds. The highest BCUT2D eigenvalue weighted by atomic mass is 16.5. The third-order valence-corrected chi connectivity index (χ3v) is 4.06. The molecule has 3 nitrogen and oxygen atoms in total. The minimum Gasteiger partial charge on any atom is -0.457 e. The molecule has 0 saturated heterocycles. The molecule has 3 rings (SSSR count). The first-order valence-corrected chi connectivity index (χ1v) is 7.72.